The van der Waals surface area contributed by atoms with Crippen molar-refractivity contribution in [2.24, 2.45) is 0 Å². The number of rotatable bonds is 6. The first kappa shape index (κ1) is 17.8. The second-order valence-electron chi connectivity index (χ2n) is 5.85. The summed E-state index contributed by atoms with van der Waals surface area (Å²) in [7, 11) is 4.99. The molecule has 0 amide bonds. The van der Waals surface area contributed by atoms with Crippen LogP contribution in [-0.2, 0) is 6.42 Å². The Bertz CT molecular complexity index is 797. The van der Waals surface area contributed by atoms with Crippen molar-refractivity contribution in [2.75, 3.05) is 21.3 Å². The molecule has 3 aromatic rings. The van der Waals surface area contributed by atoms with Gasteiger partial charge in [-0.2, -0.15) is 0 Å². The molecular formula is C22H23NO3. The van der Waals surface area contributed by atoms with Crippen molar-refractivity contribution >= 4 is 0 Å². The molecular weight excluding hydrogens is 326 g/mol. The summed E-state index contributed by atoms with van der Waals surface area (Å²) in [5.41, 5.74) is 5.43. The van der Waals surface area contributed by atoms with Crippen LogP contribution in [0.15, 0.2) is 54.7 Å². The van der Waals surface area contributed by atoms with Gasteiger partial charge < -0.3 is 14.2 Å². The molecule has 0 aliphatic rings. The minimum Gasteiger partial charge on any atom is -0.497 e. The summed E-state index contributed by atoms with van der Waals surface area (Å²) in [6.45, 7) is 2.13. The molecule has 1 aromatic heterocycles. The standard InChI is InChI=1S/C22H23NO3/c1-5-15-14-23-22(26-4)21(17-8-12-19(25-3)13-9-17)20(15)16-6-10-18(24-2)11-7-16/h6-14H,5H2,1-4H3. The molecule has 3 rings (SSSR count). The molecule has 4 nitrogen and oxygen atoms in total. The van der Waals surface area contributed by atoms with E-state index < -0.39 is 0 Å². The molecule has 1 heterocycles. The molecule has 4 heteroatoms. The van der Waals surface area contributed by atoms with Crippen LogP contribution in [0.2, 0.25) is 0 Å². The number of pyridine rings is 1. The first-order valence-electron chi connectivity index (χ1n) is 8.56. The summed E-state index contributed by atoms with van der Waals surface area (Å²) in [5.74, 6) is 2.26. The summed E-state index contributed by atoms with van der Waals surface area (Å²) in [4.78, 5) is 4.53. The van der Waals surface area contributed by atoms with Crippen molar-refractivity contribution in [1.29, 1.82) is 0 Å². The van der Waals surface area contributed by atoms with E-state index >= 15 is 0 Å². The van der Waals surface area contributed by atoms with Crippen LogP contribution in [0.25, 0.3) is 22.3 Å². The topological polar surface area (TPSA) is 40.6 Å². The Morgan fingerprint density at radius 1 is 0.692 bits per heavy atom. The van der Waals surface area contributed by atoms with Gasteiger partial charge in [-0.25, -0.2) is 4.98 Å². The molecule has 0 atom stereocenters. The molecule has 0 spiro atoms. The zero-order chi connectivity index (χ0) is 18.5. The quantitative estimate of drug-likeness (QED) is 0.628. The van der Waals surface area contributed by atoms with Crippen LogP contribution in [-0.4, -0.2) is 26.3 Å². The van der Waals surface area contributed by atoms with Gasteiger partial charge in [-0.3, -0.25) is 0 Å². The number of methoxy groups -OCH3 is 3. The Kier molecular flexibility index (Phi) is 5.42. The van der Waals surface area contributed by atoms with E-state index in [0.717, 1.165) is 40.2 Å². The van der Waals surface area contributed by atoms with E-state index in [9.17, 15) is 0 Å². The first-order chi connectivity index (χ1) is 12.7. The van der Waals surface area contributed by atoms with E-state index in [4.69, 9.17) is 14.2 Å². The van der Waals surface area contributed by atoms with Crippen molar-refractivity contribution in [3.63, 3.8) is 0 Å². The van der Waals surface area contributed by atoms with E-state index in [1.807, 2.05) is 42.6 Å². The molecule has 0 fully saturated rings. The van der Waals surface area contributed by atoms with Crippen LogP contribution in [0.4, 0.5) is 0 Å². The number of aryl methyl sites for hydroxylation is 1. The van der Waals surface area contributed by atoms with Gasteiger partial charge in [0.2, 0.25) is 5.88 Å². The van der Waals surface area contributed by atoms with Gasteiger partial charge in [-0.1, -0.05) is 31.2 Å². The monoisotopic (exact) mass is 349 g/mol. The van der Waals surface area contributed by atoms with Gasteiger partial charge in [-0.15, -0.1) is 0 Å². The number of ether oxygens (including phenoxy) is 3. The van der Waals surface area contributed by atoms with E-state index in [2.05, 4.69) is 24.0 Å². The average Bonchev–Trinajstić information content (AvgIpc) is 2.72. The molecule has 0 aliphatic heterocycles. The lowest BCUT2D eigenvalue weighted by Gasteiger charge is -2.18. The Labute approximate surface area is 154 Å². The molecule has 2 aromatic carbocycles. The lowest BCUT2D eigenvalue weighted by Crippen LogP contribution is -1.99. The minimum absolute atomic E-state index is 0.609. The van der Waals surface area contributed by atoms with Crippen LogP contribution in [0.5, 0.6) is 17.4 Å². The number of nitrogens with zero attached hydrogens (tertiary/aromatic N) is 1. The third-order valence-corrected chi connectivity index (χ3v) is 4.45. The van der Waals surface area contributed by atoms with Gasteiger partial charge in [0.05, 0.1) is 26.9 Å². The van der Waals surface area contributed by atoms with Crippen molar-refractivity contribution in [3.8, 4) is 39.6 Å². The van der Waals surface area contributed by atoms with Crippen molar-refractivity contribution in [2.45, 2.75) is 13.3 Å². The summed E-state index contributed by atoms with van der Waals surface area (Å²) < 4.78 is 16.2. The molecule has 134 valence electrons. The smallest absolute Gasteiger partial charge is 0.221 e. The van der Waals surface area contributed by atoms with Gasteiger partial charge in [0.15, 0.2) is 0 Å². The highest BCUT2D eigenvalue weighted by Crippen LogP contribution is 2.41. The SMILES string of the molecule is CCc1cnc(OC)c(-c2ccc(OC)cc2)c1-c1ccc(OC)cc1. The van der Waals surface area contributed by atoms with E-state index in [1.54, 1.807) is 21.3 Å². The maximum atomic E-state index is 5.60. The fraction of sp³-hybridized carbons (Fsp3) is 0.227. The second kappa shape index (κ2) is 7.91. The van der Waals surface area contributed by atoms with Crippen molar-refractivity contribution in [3.05, 3.63) is 60.3 Å². The maximum absolute atomic E-state index is 5.60. The molecule has 0 unspecified atom stereocenters. The minimum atomic E-state index is 0.609. The molecule has 0 saturated heterocycles. The Morgan fingerprint density at radius 3 is 1.62 bits per heavy atom. The largest absolute Gasteiger partial charge is 0.497 e. The van der Waals surface area contributed by atoms with Crippen LogP contribution in [0, 0.1) is 0 Å². The number of benzene rings is 2. The summed E-state index contributed by atoms with van der Waals surface area (Å²) >= 11 is 0. The highest BCUT2D eigenvalue weighted by molar-refractivity contribution is 5.88. The van der Waals surface area contributed by atoms with Gasteiger partial charge >= 0.3 is 0 Å². The predicted octanol–water partition coefficient (Wildman–Crippen LogP) is 5.00. The fourth-order valence-corrected chi connectivity index (χ4v) is 3.07. The van der Waals surface area contributed by atoms with Crippen LogP contribution in [0.1, 0.15) is 12.5 Å². The van der Waals surface area contributed by atoms with Gasteiger partial charge in [0.25, 0.3) is 0 Å². The fourth-order valence-electron chi connectivity index (χ4n) is 3.07. The molecule has 0 bridgehead atoms. The summed E-state index contributed by atoms with van der Waals surface area (Å²) in [6.07, 6.45) is 2.77. The molecule has 26 heavy (non-hydrogen) atoms. The number of hydrogen-bond donors (Lipinski definition) is 0. The van der Waals surface area contributed by atoms with Gasteiger partial charge in [0.1, 0.15) is 11.5 Å². The highest BCUT2D eigenvalue weighted by atomic mass is 16.5. The van der Waals surface area contributed by atoms with E-state index in [-0.39, 0.29) is 0 Å². The summed E-state index contributed by atoms with van der Waals surface area (Å²) in [5, 5.41) is 0. The Balaban J connectivity index is 2.25. The van der Waals surface area contributed by atoms with Gasteiger partial charge in [0, 0.05) is 6.20 Å². The normalized spacial score (nSPS) is 10.5. The first-order valence-corrected chi connectivity index (χ1v) is 8.56. The summed E-state index contributed by atoms with van der Waals surface area (Å²) in [6, 6.07) is 16.0. The molecule has 0 saturated carbocycles. The zero-order valence-corrected chi connectivity index (χ0v) is 15.6. The Hall–Kier alpha value is -3.01. The lowest BCUT2D eigenvalue weighted by atomic mass is 9.91. The van der Waals surface area contributed by atoms with Gasteiger partial charge in [-0.05, 0) is 52.9 Å². The molecule has 0 N–H and O–H groups in total. The molecule has 0 radical (unpaired) electrons. The maximum Gasteiger partial charge on any atom is 0.221 e. The van der Waals surface area contributed by atoms with E-state index in [0.29, 0.717) is 5.88 Å². The highest BCUT2D eigenvalue weighted by Gasteiger charge is 2.18. The second-order valence-corrected chi connectivity index (χ2v) is 5.85. The van der Waals surface area contributed by atoms with E-state index in [1.165, 1.54) is 5.56 Å². The van der Waals surface area contributed by atoms with Crippen LogP contribution < -0.4 is 14.2 Å². The van der Waals surface area contributed by atoms with Crippen LogP contribution in [0.3, 0.4) is 0 Å². The lowest BCUT2D eigenvalue weighted by molar-refractivity contribution is 0.399. The van der Waals surface area contributed by atoms with Crippen molar-refractivity contribution in [1.82, 2.24) is 4.98 Å². The third-order valence-electron chi connectivity index (χ3n) is 4.45. The number of aromatic nitrogens is 1. The molecule has 0 aliphatic carbocycles. The average molecular weight is 349 g/mol. The van der Waals surface area contributed by atoms with Crippen molar-refractivity contribution < 1.29 is 14.2 Å². The number of hydrogen-bond acceptors (Lipinski definition) is 4. The Morgan fingerprint density at radius 2 is 1.19 bits per heavy atom. The van der Waals surface area contributed by atoms with Crippen LogP contribution >= 0.6 is 0 Å². The zero-order valence-electron chi connectivity index (χ0n) is 15.6. The predicted molar refractivity (Wildman–Crippen MR) is 104 cm³/mol. The third kappa shape index (κ3) is 3.36.